The average Bonchev–Trinajstić information content (AvgIpc) is 2.95. The number of hydrogen-bond donors (Lipinski definition) is 0. The van der Waals surface area contributed by atoms with Gasteiger partial charge in [0.15, 0.2) is 0 Å². The molecule has 112 valence electrons. The van der Waals surface area contributed by atoms with Crippen molar-refractivity contribution in [2.75, 3.05) is 0 Å². The lowest BCUT2D eigenvalue weighted by Crippen LogP contribution is -1.95. The third-order valence-corrected chi connectivity index (χ3v) is 5.62. The van der Waals surface area contributed by atoms with Gasteiger partial charge in [0.1, 0.15) is 0 Å². The van der Waals surface area contributed by atoms with Gasteiger partial charge in [0.2, 0.25) is 0 Å². The van der Waals surface area contributed by atoms with Gasteiger partial charge in [-0.3, -0.25) is 0 Å². The van der Waals surface area contributed by atoms with Gasteiger partial charge in [-0.05, 0) is 86.0 Å². The van der Waals surface area contributed by atoms with Crippen LogP contribution in [0, 0.1) is 0 Å². The first kappa shape index (κ1) is 12.5. The fourth-order valence-electron chi connectivity index (χ4n) is 4.53. The molecule has 0 spiro atoms. The van der Waals surface area contributed by atoms with Crippen LogP contribution < -0.4 is 0 Å². The first-order valence-corrected chi connectivity index (χ1v) is 8.69. The molecule has 0 heterocycles. The Kier molecular flexibility index (Phi) is 2.28. The van der Waals surface area contributed by atoms with Gasteiger partial charge in [-0.1, -0.05) is 54.6 Å². The molecule has 0 fully saturated rings. The molecule has 0 heteroatoms. The van der Waals surface area contributed by atoms with Gasteiger partial charge in [0.05, 0.1) is 0 Å². The van der Waals surface area contributed by atoms with Crippen LogP contribution in [0.5, 0.6) is 0 Å². The van der Waals surface area contributed by atoms with Crippen molar-refractivity contribution in [3.8, 4) is 22.3 Å². The van der Waals surface area contributed by atoms with Crippen LogP contribution in [-0.4, -0.2) is 0 Å². The molecule has 0 saturated carbocycles. The lowest BCUT2D eigenvalue weighted by atomic mass is 9.89. The topological polar surface area (TPSA) is 0 Å². The zero-order chi connectivity index (χ0) is 15.7. The summed E-state index contributed by atoms with van der Waals surface area (Å²) in [5, 5.41) is 5.50. The van der Waals surface area contributed by atoms with Gasteiger partial charge in [0, 0.05) is 0 Å². The Labute approximate surface area is 141 Å². The summed E-state index contributed by atoms with van der Waals surface area (Å²) in [6.07, 6.45) is 6.94. The number of fused-ring (bicyclic) bond motifs is 6. The molecule has 2 aliphatic carbocycles. The minimum Gasteiger partial charge on any atom is -0.0836 e. The molecule has 4 aromatic carbocycles. The number of aryl methyl sites for hydroxylation is 1. The Morgan fingerprint density at radius 3 is 2.29 bits per heavy atom. The second-order valence-corrected chi connectivity index (χ2v) is 6.91. The average molecular weight is 304 g/mol. The molecule has 6 rings (SSSR count). The van der Waals surface area contributed by atoms with Gasteiger partial charge in [-0.15, -0.1) is 0 Å². The molecule has 0 N–H and O–H groups in total. The molecular formula is C24H16. The maximum Gasteiger partial charge on any atom is -0.00202 e. The second kappa shape index (κ2) is 4.36. The Bertz CT molecular complexity index is 1190. The van der Waals surface area contributed by atoms with E-state index in [1.54, 1.807) is 0 Å². The summed E-state index contributed by atoms with van der Waals surface area (Å²) in [7, 11) is 0. The lowest BCUT2D eigenvalue weighted by molar-refractivity contribution is 0.990. The van der Waals surface area contributed by atoms with Crippen LogP contribution >= 0.6 is 0 Å². The molecule has 4 aromatic rings. The molecule has 0 bridgehead atoms. The molecule has 2 aliphatic rings. The number of allylic oxidation sites excluding steroid dienone is 1. The second-order valence-electron chi connectivity index (χ2n) is 6.91. The third-order valence-electron chi connectivity index (χ3n) is 5.62. The van der Waals surface area contributed by atoms with Crippen LogP contribution in [0.1, 0.15) is 17.5 Å². The number of benzene rings is 4. The van der Waals surface area contributed by atoms with Crippen LogP contribution in [0.4, 0.5) is 0 Å². The van der Waals surface area contributed by atoms with Gasteiger partial charge in [-0.25, -0.2) is 0 Å². The highest BCUT2D eigenvalue weighted by atomic mass is 14.3. The van der Waals surface area contributed by atoms with Crippen LogP contribution in [0.2, 0.25) is 0 Å². The fraction of sp³-hybridized carbons (Fsp3) is 0.0833. The van der Waals surface area contributed by atoms with E-state index in [0.29, 0.717) is 0 Å². The van der Waals surface area contributed by atoms with Crippen molar-refractivity contribution in [1.82, 2.24) is 0 Å². The minimum atomic E-state index is 1.15. The summed E-state index contributed by atoms with van der Waals surface area (Å²) < 4.78 is 0. The van der Waals surface area contributed by atoms with Crippen molar-refractivity contribution in [2.24, 2.45) is 0 Å². The van der Waals surface area contributed by atoms with Crippen molar-refractivity contribution in [2.45, 2.75) is 12.8 Å². The quantitative estimate of drug-likeness (QED) is 0.302. The fourth-order valence-corrected chi connectivity index (χ4v) is 4.53. The summed E-state index contributed by atoms with van der Waals surface area (Å²) in [5.74, 6) is 0. The van der Waals surface area contributed by atoms with E-state index in [0.717, 1.165) is 12.8 Å². The van der Waals surface area contributed by atoms with E-state index in [9.17, 15) is 0 Å². The molecule has 0 saturated heterocycles. The Balaban J connectivity index is 1.81. The molecule has 24 heavy (non-hydrogen) atoms. The first-order valence-electron chi connectivity index (χ1n) is 8.69. The zero-order valence-electron chi connectivity index (χ0n) is 13.3. The smallest absolute Gasteiger partial charge is 0.00202 e. The minimum absolute atomic E-state index is 1.15. The molecule has 0 aromatic heterocycles. The monoisotopic (exact) mass is 304 g/mol. The standard InChI is InChI=1S/C24H16/c1-2-7-16-13-22-21(12-15(16)6-1)20-11-5-10-19-18-9-4-3-8-17(18)14-23(22)24(19)20/h1-2,4-7,9-14H,3,8H2. The Hall–Kier alpha value is -2.86. The van der Waals surface area contributed by atoms with Crippen molar-refractivity contribution in [3.05, 3.63) is 77.9 Å². The first-order chi connectivity index (χ1) is 11.9. The Morgan fingerprint density at radius 1 is 0.667 bits per heavy atom. The lowest BCUT2D eigenvalue weighted by Gasteiger charge is -2.15. The summed E-state index contributed by atoms with van der Waals surface area (Å²) in [6, 6.07) is 22.7. The SMILES string of the molecule is C1=Cc2c(cc3c4c(cccc24)-c2cc4ccccc4cc2-3)CC1. The predicted molar refractivity (Wildman–Crippen MR) is 103 cm³/mol. The molecule has 0 unspecified atom stereocenters. The molecule has 0 nitrogen and oxygen atoms in total. The zero-order valence-corrected chi connectivity index (χ0v) is 13.3. The van der Waals surface area contributed by atoms with E-state index >= 15 is 0 Å². The van der Waals surface area contributed by atoms with Gasteiger partial charge < -0.3 is 0 Å². The van der Waals surface area contributed by atoms with Crippen LogP contribution in [0.15, 0.2) is 66.7 Å². The van der Waals surface area contributed by atoms with E-state index in [4.69, 9.17) is 0 Å². The molecular weight excluding hydrogens is 288 g/mol. The maximum absolute atomic E-state index is 2.45. The molecule has 0 atom stereocenters. The highest BCUT2D eigenvalue weighted by molar-refractivity contribution is 6.19. The van der Waals surface area contributed by atoms with Gasteiger partial charge in [0.25, 0.3) is 0 Å². The van der Waals surface area contributed by atoms with E-state index in [1.165, 1.54) is 54.9 Å². The summed E-state index contributed by atoms with van der Waals surface area (Å²) in [6.45, 7) is 0. The molecule has 0 amide bonds. The van der Waals surface area contributed by atoms with Crippen LogP contribution in [0.25, 0.3) is 49.9 Å². The van der Waals surface area contributed by atoms with E-state index in [-0.39, 0.29) is 0 Å². The summed E-state index contributed by atoms with van der Waals surface area (Å²) >= 11 is 0. The van der Waals surface area contributed by atoms with Gasteiger partial charge in [-0.2, -0.15) is 0 Å². The largest absolute Gasteiger partial charge is 0.0836 e. The predicted octanol–water partition coefficient (Wildman–Crippen LogP) is 6.60. The molecule has 0 radical (unpaired) electrons. The third kappa shape index (κ3) is 1.48. The van der Waals surface area contributed by atoms with Crippen molar-refractivity contribution < 1.29 is 0 Å². The van der Waals surface area contributed by atoms with Crippen LogP contribution in [-0.2, 0) is 6.42 Å². The van der Waals surface area contributed by atoms with Crippen LogP contribution in [0.3, 0.4) is 0 Å². The Morgan fingerprint density at radius 2 is 1.46 bits per heavy atom. The number of rotatable bonds is 0. The van der Waals surface area contributed by atoms with E-state index in [1.807, 2.05) is 0 Å². The summed E-state index contributed by atoms with van der Waals surface area (Å²) in [4.78, 5) is 0. The van der Waals surface area contributed by atoms with Gasteiger partial charge >= 0.3 is 0 Å². The highest BCUT2D eigenvalue weighted by Gasteiger charge is 2.24. The number of hydrogen-bond acceptors (Lipinski definition) is 0. The summed E-state index contributed by atoms with van der Waals surface area (Å²) in [5.41, 5.74) is 8.54. The normalized spacial score (nSPS) is 14.2. The van der Waals surface area contributed by atoms with Crippen molar-refractivity contribution in [3.63, 3.8) is 0 Å². The van der Waals surface area contributed by atoms with Crippen molar-refractivity contribution >= 4 is 27.6 Å². The maximum atomic E-state index is 2.45. The molecule has 0 aliphatic heterocycles. The van der Waals surface area contributed by atoms with Crippen molar-refractivity contribution in [1.29, 1.82) is 0 Å². The van der Waals surface area contributed by atoms with E-state index in [2.05, 4.69) is 72.8 Å². The van der Waals surface area contributed by atoms with E-state index < -0.39 is 0 Å². The highest BCUT2D eigenvalue weighted by Crippen LogP contribution is 2.50.